The van der Waals surface area contributed by atoms with E-state index < -0.39 is 21.5 Å². The predicted octanol–water partition coefficient (Wildman–Crippen LogP) is 3.40. The van der Waals surface area contributed by atoms with Crippen molar-refractivity contribution in [3.63, 3.8) is 0 Å². The molecule has 9 nitrogen and oxygen atoms in total. The molecule has 2 heterocycles. The minimum Gasteiger partial charge on any atom is -0.463 e. The Bertz CT molecular complexity index is 1230. The lowest BCUT2D eigenvalue weighted by Gasteiger charge is -2.32. The second kappa shape index (κ2) is 8.98. The first-order valence-electron chi connectivity index (χ1n) is 11.4. The molecule has 2 aliphatic rings. The van der Waals surface area contributed by atoms with E-state index in [4.69, 9.17) is 15.5 Å². The van der Waals surface area contributed by atoms with Gasteiger partial charge in [-0.1, -0.05) is 24.3 Å². The maximum atomic E-state index is 11.9. The maximum Gasteiger partial charge on any atom is 0.246 e. The van der Waals surface area contributed by atoms with Crippen molar-refractivity contribution in [2.45, 2.75) is 64.4 Å². The average molecular weight is 486 g/mol. The van der Waals surface area contributed by atoms with Gasteiger partial charge in [0.15, 0.2) is 11.5 Å². The summed E-state index contributed by atoms with van der Waals surface area (Å²) in [6.45, 7) is 5.68. The minimum atomic E-state index is -3.50. The molecule has 0 spiro atoms. The average Bonchev–Trinajstić information content (AvgIpc) is 2.72. The number of anilines is 1. The van der Waals surface area contributed by atoms with Crippen LogP contribution in [-0.2, 0) is 14.8 Å². The standard InChI is InChI=1S/C24H31N5O4S/c1-14-26-22(25)20-23(27-14)33-24(2,3)21(28-20)18-11-9-17(10-12-18)16-7-5-15(6-8-16)13-19(30)29-34(4,31)32/h9-12,15-16H,5-8,13H2,1-4H3,(H,29,30)(H2,25,26,27)/t15-,16-. The molecule has 1 aliphatic heterocycles. The van der Waals surface area contributed by atoms with Crippen LogP contribution >= 0.6 is 0 Å². The summed E-state index contributed by atoms with van der Waals surface area (Å²) in [5.41, 5.74) is 8.82. The Hall–Kier alpha value is -3.01. The molecular formula is C24H31N5O4S. The molecular weight excluding hydrogens is 454 g/mol. The molecule has 0 radical (unpaired) electrons. The number of amides is 1. The van der Waals surface area contributed by atoms with Crippen LogP contribution in [0.4, 0.5) is 11.5 Å². The zero-order valence-electron chi connectivity index (χ0n) is 20.0. The van der Waals surface area contributed by atoms with Crippen LogP contribution in [-0.4, -0.2) is 41.9 Å². The number of carbonyl (C=O) groups excluding carboxylic acids is 1. The van der Waals surface area contributed by atoms with Crippen molar-refractivity contribution in [3.05, 3.63) is 41.2 Å². The van der Waals surface area contributed by atoms with Crippen LogP contribution < -0.4 is 15.2 Å². The van der Waals surface area contributed by atoms with Crippen molar-refractivity contribution >= 4 is 33.1 Å². The van der Waals surface area contributed by atoms with Gasteiger partial charge in [-0.05, 0) is 63.9 Å². The Labute approximate surface area is 200 Å². The molecule has 182 valence electrons. The summed E-state index contributed by atoms with van der Waals surface area (Å²) in [6, 6.07) is 8.36. The zero-order chi connectivity index (χ0) is 24.7. The number of aromatic nitrogens is 2. The number of nitrogens with one attached hydrogen (secondary N) is 1. The molecule has 0 atom stereocenters. The van der Waals surface area contributed by atoms with E-state index >= 15 is 0 Å². The smallest absolute Gasteiger partial charge is 0.246 e. The Balaban J connectivity index is 1.45. The highest BCUT2D eigenvalue weighted by atomic mass is 32.2. The van der Waals surface area contributed by atoms with Gasteiger partial charge in [-0.25, -0.2) is 18.4 Å². The fourth-order valence-corrected chi connectivity index (χ4v) is 5.31. The topological polar surface area (TPSA) is 137 Å². The number of aryl methyl sites for hydroxylation is 1. The fourth-order valence-electron chi connectivity index (χ4n) is 4.81. The number of nitrogens with two attached hydrogens (primary N) is 1. The third-order valence-corrected chi connectivity index (χ3v) is 7.01. The van der Waals surface area contributed by atoms with Gasteiger partial charge in [0, 0.05) is 12.0 Å². The van der Waals surface area contributed by atoms with Crippen molar-refractivity contribution in [1.29, 1.82) is 0 Å². The summed E-state index contributed by atoms with van der Waals surface area (Å²) < 4.78 is 30.7. The minimum absolute atomic E-state index is 0.211. The van der Waals surface area contributed by atoms with Crippen LogP contribution in [0.2, 0.25) is 0 Å². The van der Waals surface area contributed by atoms with Crippen LogP contribution in [0.15, 0.2) is 29.3 Å². The second-order valence-electron chi connectivity index (χ2n) is 9.72. The largest absolute Gasteiger partial charge is 0.463 e. The number of ether oxygens (including phenoxy) is 1. The first-order chi connectivity index (χ1) is 15.9. The maximum absolute atomic E-state index is 11.9. The lowest BCUT2D eigenvalue weighted by molar-refractivity contribution is -0.120. The van der Waals surface area contributed by atoms with Crippen molar-refractivity contribution in [1.82, 2.24) is 14.7 Å². The van der Waals surface area contributed by atoms with Crippen LogP contribution in [0, 0.1) is 12.8 Å². The molecule has 4 rings (SSSR count). The van der Waals surface area contributed by atoms with Crippen LogP contribution in [0.5, 0.6) is 5.88 Å². The summed E-state index contributed by atoms with van der Waals surface area (Å²) in [7, 11) is -3.50. The first-order valence-corrected chi connectivity index (χ1v) is 13.3. The van der Waals surface area contributed by atoms with Crippen LogP contribution in [0.25, 0.3) is 0 Å². The molecule has 3 N–H and O–H groups in total. The van der Waals surface area contributed by atoms with Gasteiger partial charge in [-0.15, -0.1) is 0 Å². The van der Waals surface area contributed by atoms with Crippen molar-refractivity contribution in [2.75, 3.05) is 12.0 Å². The molecule has 1 aromatic carbocycles. The molecule has 1 fully saturated rings. The van der Waals surface area contributed by atoms with Crippen molar-refractivity contribution in [2.24, 2.45) is 10.9 Å². The molecule has 2 aromatic rings. The fraction of sp³-hybridized carbons (Fsp3) is 0.500. The highest BCUT2D eigenvalue weighted by Gasteiger charge is 2.35. The number of hydrogen-bond acceptors (Lipinski definition) is 8. The number of sulfonamides is 1. The van der Waals surface area contributed by atoms with Crippen LogP contribution in [0.1, 0.15) is 68.8 Å². The molecule has 1 aliphatic carbocycles. The number of carbonyl (C=O) groups is 1. The Kier molecular flexibility index (Phi) is 6.37. The van der Waals surface area contributed by atoms with Gasteiger partial charge in [-0.2, -0.15) is 4.98 Å². The SMILES string of the molecule is Cc1nc(N)c2c(n1)OC(C)(C)C(c1ccc([C@H]3CC[C@H](CC(=O)NS(C)(=O)=O)CC3)cc1)=N2. The van der Waals surface area contributed by atoms with E-state index in [1.165, 1.54) is 5.56 Å². The second-order valence-corrected chi connectivity index (χ2v) is 11.5. The summed E-state index contributed by atoms with van der Waals surface area (Å²) in [5.74, 6) is 1.44. The first kappa shape index (κ1) is 24.1. The van der Waals surface area contributed by atoms with Gasteiger partial charge in [0.2, 0.25) is 21.8 Å². The van der Waals surface area contributed by atoms with E-state index in [1.54, 1.807) is 6.92 Å². The summed E-state index contributed by atoms with van der Waals surface area (Å²) >= 11 is 0. The molecule has 10 heteroatoms. The number of aliphatic imine (C=N–C) groups is 1. The summed E-state index contributed by atoms with van der Waals surface area (Å²) in [4.78, 5) is 25.2. The number of fused-ring (bicyclic) bond motifs is 1. The monoisotopic (exact) mass is 485 g/mol. The highest BCUT2D eigenvalue weighted by molar-refractivity contribution is 7.89. The number of nitrogen functional groups attached to an aromatic ring is 1. The Morgan fingerprint density at radius 1 is 1.15 bits per heavy atom. The van der Waals surface area contributed by atoms with E-state index in [-0.39, 0.29) is 12.3 Å². The lowest BCUT2D eigenvalue weighted by Crippen LogP contribution is -2.41. The third-order valence-electron chi connectivity index (χ3n) is 6.41. The highest BCUT2D eigenvalue weighted by Crippen LogP contribution is 2.40. The predicted molar refractivity (Wildman–Crippen MR) is 131 cm³/mol. The van der Waals surface area contributed by atoms with Crippen LogP contribution in [0.3, 0.4) is 0 Å². The van der Waals surface area contributed by atoms with Crippen molar-refractivity contribution < 1.29 is 17.9 Å². The summed E-state index contributed by atoms with van der Waals surface area (Å²) in [6.07, 6.45) is 4.97. The molecule has 1 saturated carbocycles. The quantitative estimate of drug-likeness (QED) is 0.662. The Morgan fingerprint density at radius 3 is 2.41 bits per heavy atom. The van der Waals surface area contributed by atoms with Gasteiger partial charge < -0.3 is 10.5 Å². The number of rotatable bonds is 5. The molecule has 0 unspecified atom stereocenters. The number of nitrogens with zero attached hydrogens (tertiary/aromatic N) is 3. The number of hydrogen-bond donors (Lipinski definition) is 2. The molecule has 1 aromatic heterocycles. The zero-order valence-corrected chi connectivity index (χ0v) is 20.8. The van der Waals surface area contributed by atoms with Gasteiger partial charge in [0.25, 0.3) is 0 Å². The van der Waals surface area contributed by atoms with Gasteiger partial charge in [-0.3, -0.25) is 9.52 Å². The molecule has 1 amide bonds. The summed E-state index contributed by atoms with van der Waals surface area (Å²) in [5, 5.41) is 0. The Morgan fingerprint density at radius 2 is 1.79 bits per heavy atom. The van der Waals surface area contributed by atoms with Gasteiger partial charge in [0.1, 0.15) is 11.4 Å². The molecule has 0 bridgehead atoms. The normalized spacial score (nSPS) is 21.7. The van der Waals surface area contributed by atoms with E-state index in [0.717, 1.165) is 43.2 Å². The number of benzene rings is 1. The van der Waals surface area contributed by atoms with Gasteiger partial charge in [0.05, 0.1) is 12.0 Å². The third kappa shape index (κ3) is 5.38. The van der Waals surface area contributed by atoms with E-state index in [1.807, 2.05) is 13.8 Å². The van der Waals surface area contributed by atoms with Crippen molar-refractivity contribution in [3.8, 4) is 5.88 Å². The molecule has 0 saturated heterocycles. The van der Waals surface area contributed by atoms with E-state index in [0.29, 0.717) is 29.1 Å². The lowest BCUT2D eigenvalue weighted by atomic mass is 9.77. The van der Waals surface area contributed by atoms with E-state index in [9.17, 15) is 13.2 Å². The molecule has 34 heavy (non-hydrogen) atoms. The van der Waals surface area contributed by atoms with E-state index in [2.05, 4.69) is 39.0 Å². The van der Waals surface area contributed by atoms with Gasteiger partial charge >= 0.3 is 0 Å².